The van der Waals surface area contributed by atoms with Crippen molar-refractivity contribution in [1.82, 2.24) is 9.97 Å². The number of aliphatic imine (C=N–C) groups is 1. The summed E-state index contributed by atoms with van der Waals surface area (Å²) < 4.78 is 5.92. The van der Waals surface area contributed by atoms with Crippen LogP contribution < -0.4 is 4.43 Å². The van der Waals surface area contributed by atoms with Gasteiger partial charge in [-0.1, -0.05) is 6.07 Å². The molecule has 1 heterocycles. The normalized spacial score (nSPS) is 11.8. The molecule has 2 aromatic rings. The van der Waals surface area contributed by atoms with Gasteiger partial charge in [-0.05, 0) is 44.6 Å². The summed E-state index contributed by atoms with van der Waals surface area (Å²) in [5.41, 5.74) is 3.61. The fraction of sp³-hybridized carbons (Fsp3) is 0.267. The molecule has 0 bridgehead atoms. The predicted molar refractivity (Wildman–Crippen MR) is 83.2 cm³/mol. The third-order valence-corrected chi connectivity index (χ3v) is 3.28. The Kier molecular flexibility index (Phi) is 4.63. The van der Waals surface area contributed by atoms with Gasteiger partial charge in [0.15, 0.2) is 0 Å². The van der Waals surface area contributed by atoms with Gasteiger partial charge >= 0.3 is 0 Å². The van der Waals surface area contributed by atoms with Gasteiger partial charge in [0.25, 0.3) is 9.04 Å². The summed E-state index contributed by atoms with van der Waals surface area (Å²) in [6, 6.07) is 6.04. The van der Waals surface area contributed by atoms with Crippen LogP contribution in [-0.4, -0.2) is 24.7 Å². The Bertz CT molecular complexity index is 612. The number of rotatable bonds is 4. The first-order chi connectivity index (χ1) is 9.56. The molecule has 0 aliphatic heterocycles. The molecule has 0 unspecified atom stereocenters. The lowest BCUT2D eigenvalue weighted by Gasteiger charge is -2.12. The highest BCUT2D eigenvalue weighted by Gasteiger charge is 2.08. The van der Waals surface area contributed by atoms with Crippen LogP contribution in [0.3, 0.4) is 0 Å². The van der Waals surface area contributed by atoms with Crippen LogP contribution in [-0.2, 0) is 0 Å². The fourth-order valence-corrected chi connectivity index (χ4v) is 2.34. The van der Waals surface area contributed by atoms with E-state index in [9.17, 15) is 0 Å². The zero-order valence-electron chi connectivity index (χ0n) is 12.2. The van der Waals surface area contributed by atoms with Crippen LogP contribution in [0, 0.1) is 6.92 Å². The molecule has 0 N–H and O–H groups in total. The summed E-state index contributed by atoms with van der Waals surface area (Å²) in [5, 5.41) is 0. The number of hydrogen-bond donors (Lipinski definition) is 0. The van der Waals surface area contributed by atoms with Crippen LogP contribution in [0.4, 0.5) is 5.69 Å². The van der Waals surface area contributed by atoms with Crippen molar-refractivity contribution in [3.8, 4) is 5.75 Å². The molecule has 5 heteroatoms. The smallest absolute Gasteiger partial charge is 0.274 e. The van der Waals surface area contributed by atoms with E-state index in [1.165, 1.54) is 5.56 Å². The molecule has 0 amide bonds. The van der Waals surface area contributed by atoms with Crippen molar-refractivity contribution in [1.29, 1.82) is 0 Å². The van der Waals surface area contributed by atoms with Gasteiger partial charge in [-0.25, -0.2) is 4.99 Å². The average Bonchev–Trinajstić information content (AvgIpc) is 2.42. The average molecular weight is 284 g/mol. The Morgan fingerprint density at radius 1 is 1.25 bits per heavy atom. The monoisotopic (exact) mass is 284 g/mol. The third-order valence-electron chi connectivity index (χ3n) is 2.65. The van der Waals surface area contributed by atoms with Gasteiger partial charge in [-0.2, -0.15) is 0 Å². The first-order valence-corrected chi connectivity index (χ1v) is 8.87. The maximum absolute atomic E-state index is 5.92. The van der Waals surface area contributed by atoms with Crippen LogP contribution in [0.5, 0.6) is 5.75 Å². The van der Waals surface area contributed by atoms with Gasteiger partial charge < -0.3 is 4.43 Å². The maximum atomic E-state index is 5.92. The molecule has 0 fully saturated rings. The van der Waals surface area contributed by atoms with E-state index in [4.69, 9.17) is 4.43 Å². The lowest BCUT2D eigenvalue weighted by atomic mass is 10.2. The lowest BCUT2D eigenvalue weighted by Crippen LogP contribution is -2.11. The number of nitrogens with zero attached hydrogens (tertiary/aromatic N) is 3. The Morgan fingerprint density at radius 3 is 2.70 bits per heavy atom. The number of hydrogen-bond acceptors (Lipinski definition) is 4. The van der Waals surface area contributed by atoms with Crippen molar-refractivity contribution in [2.75, 3.05) is 0 Å². The summed E-state index contributed by atoms with van der Waals surface area (Å²) in [7, 11) is -0.822. The van der Waals surface area contributed by atoms with Gasteiger partial charge in [0.05, 0.1) is 11.9 Å². The van der Waals surface area contributed by atoms with Crippen LogP contribution in [0.2, 0.25) is 13.1 Å². The van der Waals surface area contributed by atoms with Crippen molar-refractivity contribution in [3.63, 3.8) is 0 Å². The number of aryl methyl sites for hydroxylation is 1. The van der Waals surface area contributed by atoms with E-state index in [2.05, 4.69) is 28.1 Å². The van der Waals surface area contributed by atoms with Gasteiger partial charge in [0, 0.05) is 12.4 Å². The maximum Gasteiger partial charge on any atom is 0.274 e. The minimum Gasteiger partial charge on any atom is -0.541 e. The van der Waals surface area contributed by atoms with Gasteiger partial charge in [0.1, 0.15) is 17.1 Å². The fourth-order valence-electron chi connectivity index (χ4n) is 1.74. The largest absolute Gasteiger partial charge is 0.541 e. The van der Waals surface area contributed by atoms with Crippen LogP contribution in [0.25, 0.3) is 0 Å². The summed E-state index contributed by atoms with van der Waals surface area (Å²) in [6.45, 7) is 8.19. The van der Waals surface area contributed by atoms with E-state index in [1.807, 2.05) is 32.0 Å². The van der Waals surface area contributed by atoms with Crippen molar-refractivity contribution >= 4 is 20.4 Å². The van der Waals surface area contributed by atoms with E-state index in [1.54, 1.807) is 18.6 Å². The second kappa shape index (κ2) is 6.43. The SMILES string of the molecule is CC(=Nc1ccc(C)cc1O[Si](C)C)c1cnccn1. The van der Waals surface area contributed by atoms with E-state index in [-0.39, 0.29) is 0 Å². The molecule has 20 heavy (non-hydrogen) atoms. The minimum atomic E-state index is -0.822. The van der Waals surface area contributed by atoms with Crippen molar-refractivity contribution in [2.45, 2.75) is 26.9 Å². The Balaban J connectivity index is 2.37. The summed E-state index contributed by atoms with van der Waals surface area (Å²) in [5.74, 6) is 0.840. The van der Waals surface area contributed by atoms with E-state index in [0.717, 1.165) is 22.8 Å². The van der Waals surface area contributed by atoms with Crippen LogP contribution in [0.15, 0.2) is 41.8 Å². The standard InChI is InChI=1S/C15H18N3OSi/c1-11-5-6-13(15(9-11)19-20(3)4)18-12(2)14-10-16-7-8-17-14/h5-10H,1-4H3. The van der Waals surface area contributed by atoms with Crippen molar-refractivity contribution in [3.05, 3.63) is 48.0 Å². The topological polar surface area (TPSA) is 47.4 Å². The molecular weight excluding hydrogens is 266 g/mol. The van der Waals surface area contributed by atoms with Gasteiger partial charge in [-0.15, -0.1) is 0 Å². The molecule has 0 spiro atoms. The Labute approximate surface area is 121 Å². The van der Waals surface area contributed by atoms with Crippen molar-refractivity contribution < 1.29 is 4.43 Å². The minimum absolute atomic E-state index is 0.776. The first-order valence-electron chi connectivity index (χ1n) is 6.46. The zero-order chi connectivity index (χ0) is 14.5. The van der Waals surface area contributed by atoms with E-state index < -0.39 is 9.04 Å². The molecule has 0 saturated carbocycles. The molecule has 4 nitrogen and oxygen atoms in total. The summed E-state index contributed by atoms with van der Waals surface area (Å²) in [6.07, 6.45) is 5.03. The quantitative estimate of drug-likeness (QED) is 0.637. The molecule has 0 atom stereocenters. The molecule has 0 aliphatic rings. The highest BCUT2D eigenvalue weighted by atomic mass is 28.3. The summed E-state index contributed by atoms with van der Waals surface area (Å²) in [4.78, 5) is 12.9. The lowest BCUT2D eigenvalue weighted by molar-refractivity contribution is 0.581. The molecule has 1 radical (unpaired) electrons. The number of benzene rings is 1. The summed E-state index contributed by atoms with van der Waals surface area (Å²) >= 11 is 0. The zero-order valence-corrected chi connectivity index (χ0v) is 13.2. The van der Waals surface area contributed by atoms with Crippen LogP contribution >= 0.6 is 0 Å². The Morgan fingerprint density at radius 2 is 2.05 bits per heavy atom. The second-order valence-electron chi connectivity index (χ2n) is 4.77. The molecule has 0 aliphatic carbocycles. The second-order valence-corrected chi connectivity index (χ2v) is 6.79. The van der Waals surface area contributed by atoms with Crippen LogP contribution in [0.1, 0.15) is 18.2 Å². The Hall–Kier alpha value is -2.01. The molecular formula is C15H18N3OSi. The highest BCUT2D eigenvalue weighted by Crippen LogP contribution is 2.29. The van der Waals surface area contributed by atoms with Gasteiger partial charge in [-0.3, -0.25) is 9.97 Å². The van der Waals surface area contributed by atoms with E-state index >= 15 is 0 Å². The number of aromatic nitrogens is 2. The van der Waals surface area contributed by atoms with Crippen molar-refractivity contribution in [2.24, 2.45) is 4.99 Å². The van der Waals surface area contributed by atoms with Gasteiger partial charge in [0.2, 0.25) is 0 Å². The molecule has 2 rings (SSSR count). The predicted octanol–water partition coefficient (Wildman–Crippen LogP) is 3.56. The molecule has 103 valence electrons. The first kappa shape index (κ1) is 14.4. The van der Waals surface area contributed by atoms with E-state index in [0.29, 0.717) is 0 Å². The molecule has 1 aromatic carbocycles. The third kappa shape index (κ3) is 3.74. The molecule has 1 aromatic heterocycles. The highest BCUT2D eigenvalue weighted by molar-refractivity contribution is 6.49. The molecule has 0 saturated heterocycles.